The summed E-state index contributed by atoms with van der Waals surface area (Å²) in [7, 11) is 0. The monoisotopic (exact) mass is 424 g/mol. The number of carbonyl (C=O) groups excluding carboxylic acids is 1. The summed E-state index contributed by atoms with van der Waals surface area (Å²) in [5, 5.41) is 7.00. The van der Waals surface area contributed by atoms with Crippen LogP contribution >= 0.6 is 11.3 Å². The molecule has 0 bridgehead atoms. The van der Waals surface area contributed by atoms with E-state index in [0.717, 1.165) is 43.9 Å². The third-order valence-electron chi connectivity index (χ3n) is 5.28. The Balaban J connectivity index is 1.27. The number of furan rings is 1. The summed E-state index contributed by atoms with van der Waals surface area (Å²) in [5.41, 5.74) is 5.75. The first-order valence-electron chi connectivity index (χ1n) is 10.1. The fraction of sp³-hybridized carbons (Fsp3) is 0.0769. The number of rotatable bonds is 5. The molecule has 2 aromatic heterocycles. The number of benzene rings is 3. The molecule has 0 fully saturated rings. The molecule has 2 heterocycles. The van der Waals surface area contributed by atoms with Gasteiger partial charge in [0.15, 0.2) is 5.76 Å². The van der Waals surface area contributed by atoms with Gasteiger partial charge in [-0.2, -0.15) is 0 Å². The summed E-state index contributed by atoms with van der Waals surface area (Å²) in [6.45, 7) is 2.34. The van der Waals surface area contributed by atoms with Gasteiger partial charge in [0.25, 0.3) is 5.91 Å². The minimum Gasteiger partial charge on any atom is -0.451 e. The maximum atomic E-state index is 12.6. The lowest BCUT2D eigenvalue weighted by Gasteiger charge is -2.05. The number of aryl methyl sites for hydroxylation is 1. The number of nitrogens with one attached hydrogen (secondary N) is 1. The van der Waals surface area contributed by atoms with Crippen molar-refractivity contribution in [1.82, 2.24) is 10.3 Å². The van der Waals surface area contributed by atoms with Crippen molar-refractivity contribution < 1.29 is 9.21 Å². The first-order chi connectivity index (χ1) is 15.2. The van der Waals surface area contributed by atoms with E-state index in [1.807, 2.05) is 73.7 Å². The highest BCUT2D eigenvalue weighted by molar-refractivity contribution is 7.13. The normalized spacial score (nSPS) is 11.0. The van der Waals surface area contributed by atoms with E-state index < -0.39 is 0 Å². The number of hydrogen-bond acceptors (Lipinski definition) is 4. The van der Waals surface area contributed by atoms with Crippen LogP contribution in [0.1, 0.15) is 21.7 Å². The molecule has 5 rings (SSSR count). The molecule has 31 heavy (non-hydrogen) atoms. The van der Waals surface area contributed by atoms with E-state index in [0.29, 0.717) is 12.3 Å². The number of thiazole rings is 1. The molecule has 1 N–H and O–H groups in total. The predicted octanol–water partition coefficient (Wildman–Crippen LogP) is 6.46. The van der Waals surface area contributed by atoms with E-state index in [-0.39, 0.29) is 5.91 Å². The van der Waals surface area contributed by atoms with Gasteiger partial charge < -0.3 is 9.73 Å². The quantitative estimate of drug-likeness (QED) is 0.352. The number of carbonyl (C=O) groups is 1. The average molecular weight is 425 g/mol. The summed E-state index contributed by atoms with van der Waals surface area (Å²) in [5.74, 6) is 0.165. The van der Waals surface area contributed by atoms with E-state index in [9.17, 15) is 4.79 Å². The summed E-state index contributed by atoms with van der Waals surface area (Å²) < 4.78 is 5.75. The Morgan fingerprint density at radius 2 is 1.68 bits per heavy atom. The molecule has 0 saturated carbocycles. The van der Waals surface area contributed by atoms with E-state index >= 15 is 0 Å². The van der Waals surface area contributed by atoms with Crippen LogP contribution in [0.25, 0.3) is 32.8 Å². The summed E-state index contributed by atoms with van der Waals surface area (Å²) in [4.78, 5) is 17.4. The number of amides is 1. The lowest BCUT2D eigenvalue weighted by atomic mass is 10.1. The van der Waals surface area contributed by atoms with Crippen molar-refractivity contribution >= 4 is 28.2 Å². The molecule has 5 heteroatoms. The molecule has 0 atom stereocenters. The minimum atomic E-state index is -0.204. The van der Waals surface area contributed by atoms with Crippen molar-refractivity contribution in [3.8, 4) is 21.8 Å². The molecular weight excluding hydrogens is 404 g/mol. The molecule has 3 aromatic carbocycles. The van der Waals surface area contributed by atoms with Crippen LogP contribution in [0.2, 0.25) is 0 Å². The smallest absolute Gasteiger partial charge is 0.287 e. The van der Waals surface area contributed by atoms with Crippen molar-refractivity contribution in [2.45, 2.75) is 13.5 Å². The molecule has 0 radical (unpaired) electrons. The Labute approximate surface area is 184 Å². The Bertz CT molecular complexity index is 1350. The average Bonchev–Trinajstić information content (AvgIpc) is 3.44. The second kappa shape index (κ2) is 8.20. The molecule has 0 spiro atoms. The molecule has 5 aromatic rings. The van der Waals surface area contributed by atoms with Crippen LogP contribution in [0.3, 0.4) is 0 Å². The maximum Gasteiger partial charge on any atom is 0.287 e. The first-order valence-corrected chi connectivity index (χ1v) is 10.9. The zero-order chi connectivity index (χ0) is 21.2. The molecule has 0 saturated heterocycles. The SMILES string of the molecule is Cc1c(C(=O)NCc2ccc(-c3csc(-c4ccccc4)n3)cc2)oc2ccccc12. The van der Waals surface area contributed by atoms with Crippen LogP contribution in [-0.2, 0) is 6.54 Å². The second-order valence-corrected chi connectivity index (χ2v) is 8.19. The highest BCUT2D eigenvalue weighted by Crippen LogP contribution is 2.29. The van der Waals surface area contributed by atoms with Crippen LogP contribution in [0.15, 0.2) is 88.7 Å². The van der Waals surface area contributed by atoms with E-state index in [1.54, 1.807) is 11.3 Å². The minimum absolute atomic E-state index is 0.204. The molecule has 0 aliphatic carbocycles. The lowest BCUT2D eigenvalue weighted by molar-refractivity contribution is 0.0924. The Hall–Kier alpha value is -3.70. The predicted molar refractivity (Wildman–Crippen MR) is 125 cm³/mol. The third-order valence-corrected chi connectivity index (χ3v) is 6.17. The fourth-order valence-electron chi connectivity index (χ4n) is 3.57. The van der Waals surface area contributed by atoms with Crippen LogP contribution < -0.4 is 5.32 Å². The van der Waals surface area contributed by atoms with Crippen molar-refractivity contribution in [2.24, 2.45) is 0 Å². The third kappa shape index (κ3) is 3.88. The van der Waals surface area contributed by atoms with Gasteiger partial charge in [-0.25, -0.2) is 4.98 Å². The fourth-order valence-corrected chi connectivity index (χ4v) is 4.40. The topological polar surface area (TPSA) is 55.1 Å². The van der Waals surface area contributed by atoms with Gasteiger partial charge in [-0.15, -0.1) is 11.3 Å². The van der Waals surface area contributed by atoms with Crippen molar-refractivity contribution in [3.05, 3.63) is 101 Å². The molecule has 0 aliphatic rings. The van der Waals surface area contributed by atoms with E-state index in [2.05, 4.69) is 22.8 Å². The van der Waals surface area contributed by atoms with Gasteiger partial charge >= 0.3 is 0 Å². The Morgan fingerprint density at radius 1 is 0.935 bits per heavy atom. The largest absolute Gasteiger partial charge is 0.451 e. The number of nitrogens with zero attached hydrogens (tertiary/aromatic N) is 1. The number of para-hydroxylation sites is 1. The van der Waals surface area contributed by atoms with Crippen LogP contribution in [-0.4, -0.2) is 10.9 Å². The number of hydrogen-bond donors (Lipinski definition) is 1. The zero-order valence-corrected chi connectivity index (χ0v) is 17.8. The number of aromatic nitrogens is 1. The standard InChI is InChI=1S/C26H20N2O2S/c1-17-21-9-5-6-10-23(21)30-24(17)25(29)27-15-18-11-13-19(14-12-18)22-16-31-26(28-22)20-7-3-2-4-8-20/h2-14,16H,15H2,1H3,(H,27,29). The van der Waals surface area contributed by atoms with Gasteiger partial charge in [0.05, 0.1) is 5.69 Å². The Morgan fingerprint density at radius 3 is 2.45 bits per heavy atom. The van der Waals surface area contributed by atoms with Crippen LogP contribution in [0.4, 0.5) is 0 Å². The molecule has 0 aliphatic heterocycles. The molecule has 152 valence electrons. The molecule has 0 unspecified atom stereocenters. The van der Waals surface area contributed by atoms with Crippen LogP contribution in [0, 0.1) is 6.92 Å². The van der Waals surface area contributed by atoms with Gasteiger partial charge in [-0.3, -0.25) is 4.79 Å². The highest BCUT2D eigenvalue weighted by Gasteiger charge is 2.17. The van der Waals surface area contributed by atoms with Crippen molar-refractivity contribution in [3.63, 3.8) is 0 Å². The summed E-state index contributed by atoms with van der Waals surface area (Å²) >= 11 is 1.64. The molecule has 4 nitrogen and oxygen atoms in total. The van der Waals surface area contributed by atoms with Crippen molar-refractivity contribution in [1.29, 1.82) is 0 Å². The maximum absolute atomic E-state index is 12.6. The van der Waals surface area contributed by atoms with Crippen LogP contribution in [0.5, 0.6) is 0 Å². The molecular formula is C26H20N2O2S. The summed E-state index contributed by atoms with van der Waals surface area (Å²) in [6, 6.07) is 26.0. The highest BCUT2D eigenvalue weighted by atomic mass is 32.1. The lowest BCUT2D eigenvalue weighted by Crippen LogP contribution is -2.22. The second-order valence-electron chi connectivity index (χ2n) is 7.34. The first kappa shape index (κ1) is 19.3. The van der Waals surface area contributed by atoms with Gasteiger partial charge in [-0.1, -0.05) is 72.8 Å². The van der Waals surface area contributed by atoms with Gasteiger partial charge in [0.1, 0.15) is 10.6 Å². The number of fused-ring (bicyclic) bond motifs is 1. The Kier molecular flexibility index (Phi) is 5.10. The van der Waals surface area contributed by atoms with E-state index in [4.69, 9.17) is 9.40 Å². The van der Waals surface area contributed by atoms with Gasteiger partial charge in [0, 0.05) is 34.0 Å². The van der Waals surface area contributed by atoms with Gasteiger partial charge in [0.2, 0.25) is 0 Å². The van der Waals surface area contributed by atoms with Gasteiger partial charge in [-0.05, 0) is 18.6 Å². The molecule has 1 amide bonds. The summed E-state index contributed by atoms with van der Waals surface area (Å²) in [6.07, 6.45) is 0. The van der Waals surface area contributed by atoms with Crippen molar-refractivity contribution in [2.75, 3.05) is 0 Å². The zero-order valence-electron chi connectivity index (χ0n) is 17.0. The van der Waals surface area contributed by atoms with E-state index in [1.165, 1.54) is 0 Å².